The van der Waals surface area contributed by atoms with Gasteiger partial charge in [0.05, 0.1) is 26.0 Å². The topological polar surface area (TPSA) is 91.3 Å². The van der Waals surface area contributed by atoms with Crippen LogP contribution in [0.5, 0.6) is 28.7 Å². The summed E-state index contributed by atoms with van der Waals surface area (Å²) in [4.78, 5) is 0. The number of benzene rings is 4. The Morgan fingerprint density at radius 1 is 0.811 bits per heavy atom. The van der Waals surface area contributed by atoms with Crippen molar-refractivity contribution in [1.82, 2.24) is 0 Å². The summed E-state index contributed by atoms with van der Waals surface area (Å²) in [5.41, 5.74) is 4.45. The van der Waals surface area contributed by atoms with E-state index in [0.29, 0.717) is 29.0 Å². The molecule has 37 heavy (non-hydrogen) atoms. The first-order valence-corrected chi connectivity index (χ1v) is 13.3. The van der Waals surface area contributed by atoms with E-state index in [4.69, 9.17) is 18.4 Å². The van der Waals surface area contributed by atoms with Crippen LogP contribution < -0.4 is 18.4 Å². The largest absolute Gasteiger partial charge is 0.504 e. The van der Waals surface area contributed by atoms with E-state index in [0.717, 1.165) is 28.7 Å². The van der Waals surface area contributed by atoms with Gasteiger partial charge in [0, 0.05) is 5.56 Å². The van der Waals surface area contributed by atoms with Gasteiger partial charge in [-0.25, -0.2) is 0 Å². The van der Waals surface area contributed by atoms with Crippen molar-refractivity contribution in [1.29, 1.82) is 0 Å². The molecule has 0 radical (unpaired) electrons. The molecule has 0 fully saturated rings. The molecule has 4 aromatic rings. The first-order valence-electron chi connectivity index (χ1n) is 11.5. The lowest BCUT2D eigenvalue weighted by Gasteiger charge is -2.19. The Morgan fingerprint density at radius 3 is 2.08 bits per heavy atom. The molecule has 0 bridgehead atoms. The van der Waals surface area contributed by atoms with Crippen LogP contribution >= 0.6 is 0 Å². The summed E-state index contributed by atoms with van der Waals surface area (Å²) in [7, 11) is -0.636. The Balaban J connectivity index is 1.69. The van der Waals surface area contributed by atoms with E-state index >= 15 is 0 Å². The van der Waals surface area contributed by atoms with Crippen molar-refractivity contribution in [2.45, 2.75) is 13.5 Å². The molecule has 0 aromatic heterocycles. The zero-order chi connectivity index (χ0) is 26.6. The van der Waals surface area contributed by atoms with Gasteiger partial charge in [0.25, 0.3) is 0 Å². The molecule has 7 nitrogen and oxygen atoms in total. The molecule has 0 spiro atoms. The minimum Gasteiger partial charge on any atom is -0.504 e. The lowest BCUT2D eigenvalue weighted by Crippen LogP contribution is -2.05. The monoisotopic (exact) mass is 520 g/mol. The second-order valence-electron chi connectivity index (χ2n) is 8.45. The van der Waals surface area contributed by atoms with Crippen LogP contribution in [0.15, 0.2) is 78.9 Å². The number of aromatic hydroxyl groups is 1. The van der Waals surface area contributed by atoms with E-state index in [1.165, 1.54) is 26.4 Å². The van der Waals surface area contributed by atoms with Crippen LogP contribution in [0.1, 0.15) is 11.1 Å². The van der Waals surface area contributed by atoms with Gasteiger partial charge in [-0.2, -0.15) is 8.42 Å². The molecule has 4 rings (SSSR count). The Kier molecular flexibility index (Phi) is 7.59. The van der Waals surface area contributed by atoms with E-state index in [9.17, 15) is 13.5 Å². The molecule has 0 saturated heterocycles. The maximum atomic E-state index is 11.4. The van der Waals surface area contributed by atoms with Gasteiger partial charge in [-0.1, -0.05) is 48.5 Å². The summed E-state index contributed by atoms with van der Waals surface area (Å²) < 4.78 is 45.0. The number of hydrogen-bond donors (Lipinski definition) is 1. The minimum absolute atomic E-state index is 0.0781. The zero-order valence-corrected chi connectivity index (χ0v) is 21.8. The van der Waals surface area contributed by atoms with Gasteiger partial charge in [0.1, 0.15) is 23.9 Å². The highest BCUT2D eigenvalue weighted by molar-refractivity contribution is 7.86. The average molecular weight is 521 g/mol. The second kappa shape index (κ2) is 10.8. The fourth-order valence-corrected chi connectivity index (χ4v) is 4.52. The first kappa shape index (κ1) is 25.9. The van der Waals surface area contributed by atoms with Gasteiger partial charge in [-0.15, -0.1) is 0 Å². The molecule has 0 heterocycles. The molecule has 0 unspecified atom stereocenters. The molecular formula is C29H28O7S. The number of ether oxygens (including phenoxy) is 3. The highest BCUT2D eigenvalue weighted by Gasteiger charge is 2.22. The summed E-state index contributed by atoms with van der Waals surface area (Å²) in [5.74, 6) is 1.55. The van der Waals surface area contributed by atoms with E-state index < -0.39 is 10.1 Å². The van der Waals surface area contributed by atoms with E-state index in [-0.39, 0.29) is 17.2 Å². The molecular weight excluding hydrogens is 492 g/mol. The van der Waals surface area contributed by atoms with Gasteiger partial charge in [-0.05, 0) is 59.5 Å². The maximum Gasteiger partial charge on any atom is 0.306 e. The Bertz CT molecular complexity index is 1500. The maximum absolute atomic E-state index is 11.4. The summed E-state index contributed by atoms with van der Waals surface area (Å²) in [6.45, 7) is 2.39. The molecule has 192 valence electrons. The minimum atomic E-state index is -3.64. The highest BCUT2D eigenvalue weighted by Crippen LogP contribution is 2.50. The highest BCUT2D eigenvalue weighted by atomic mass is 32.2. The average Bonchev–Trinajstić information content (AvgIpc) is 2.87. The molecule has 0 aliphatic heterocycles. The third-order valence-corrected chi connectivity index (χ3v) is 6.25. The zero-order valence-electron chi connectivity index (χ0n) is 21.0. The third kappa shape index (κ3) is 5.98. The summed E-state index contributed by atoms with van der Waals surface area (Å²) in [6, 6.07) is 23.8. The third-order valence-electron chi connectivity index (χ3n) is 5.76. The van der Waals surface area contributed by atoms with Crippen molar-refractivity contribution < 1.29 is 31.9 Å². The quantitative estimate of drug-likeness (QED) is 0.272. The molecule has 4 aromatic carbocycles. The van der Waals surface area contributed by atoms with E-state index in [1.807, 2.05) is 55.5 Å². The fraction of sp³-hybridized carbons (Fsp3) is 0.172. The van der Waals surface area contributed by atoms with Gasteiger partial charge in [0.2, 0.25) is 0 Å². The van der Waals surface area contributed by atoms with E-state index in [1.54, 1.807) is 18.2 Å². The first-order chi connectivity index (χ1) is 17.7. The molecule has 0 aliphatic carbocycles. The molecule has 0 atom stereocenters. The van der Waals surface area contributed by atoms with Gasteiger partial charge in [0.15, 0.2) is 11.5 Å². The van der Waals surface area contributed by atoms with Crippen molar-refractivity contribution in [3.63, 3.8) is 0 Å². The SMILES string of the molecule is COc1cc(-c2ccc(OS(C)(=O)=O)cc2)c(OC)c(O)c1-c1ccc(OCc2ccccc2)c(C)c1. The smallest absolute Gasteiger partial charge is 0.306 e. The van der Waals surface area contributed by atoms with Crippen LogP contribution in [0.3, 0.4) is 0 Å². The van der Waals surface area contributed by atoms with Crippen molar-refractivity contribution in [3.8, 4) is 51.0 Å². The van der Waals surface area contributed by atoms with Crippen LogP contribution in [0, 0.1) is 6.92 Å². The predicted octanol–water partition coefficient (Wildman–Crippen LogP) is 5.97. The number of phenolic OH excluding ortho intramolecular Hbond substituents is 1. The van der Waals surface area contributed by atoms with Crippen molar-refractivity contribution in [2.24, 2.45) is 0 Å². The van der Waals surface area contributed by atoms with Gasteiger partial charge >= 0.3 is 10.1 Å². The number of rotatable bonds is 9. The molecule has 0 aliphatic rings. The van der Waals surface area contributed by atoms with Crippen LogP contribution in [-0.2, 0) is 16.7 Å². The molecule has 0 saturated carbocycles. The van der Waals surface area contributed by atoms with Crippen molar-refractivity contribution in [3.05, 3.63) is 90.0 Å². The summed E-state index contributed by atoms with van der Waals surface area (Å²) in [5, 5.41) is 11.3. The predicted molar refractivity (Wildman–Crippen MR) is 143 cm³/mol. The van der Waals surface area contributed by atoms with Crippen LogP contribution in [0.25, 0.3) is 22.3 Å². The standard InChI is InChI=1S/C29H28O7S/c1-19-16-22(12-15-25(19)35-18-20-8-6-5-7-9-20)27-26(33-2)17-24(29(34-3)28(27)30)21-10-13-23(14-11-21)36-37(4,31)32/h5-17,30H,18H2,1-4H3. The lowest BCUT2D eigenvalue weighted by molar-refractivity contribution is 0.304. The number of aryl methyl sites for hydroxylation is 1. The second-order valence-corrected chi connectivity index (χ2v) is 10.0. The van der Waals surface area contributed by atoms with Crippen LogP contribution in [0.2, 0.25) is 0 Å². The van der Waals surface area contributed by atoms with Crippen molar-refractivity contribution in [2.75, 3.05) is 20.5 Å². The fourth-order valence-electron chi connectivity index (χ4n) is 4.05. The van der Waals surface area contributed by atoms with Crippen LogP contribution in [0.4, 0.5) is 0 Å². The number of methoxy groups -OCH3 is 2. The van der Waals surface area contributed by atoms with E-state index in [2.05, 4.69) is 0 Å². The number of hydrogen-bond acceptors (Lipinski definition) is 7. The Morgan fingerprint density at radius 2 is 1.49 bits per heavy atom. The molecule has 0 amide bonds. The Hall–Kier alpha value is -4.17. The van der Waals surface area contributed by atoms with Crippen molar-refractivity contribution >= 4 is 10.1 Å². The summed E-state index contributed by atoms with van der Waals surface area (Å²) >= 11 is 0. The Labute approximate surface area is 217 Å². The van der Waals surface area contributed by atoms with Gasteiger partial charge < -0.3 is 23.5 Å². The normalized spacial score (nSPS) is 11.1. The summed E-state index contributed by atoms with van der Waals surface area (Å²) in [6.07, 6.45) is 0.981. The lowest BCUT2D eigenvalue weighted by atomic mass is 9.95. The van der Waals surface area contributed by atoms with Gasteiger partial charge in [-0.3, -0.25) is 0 Å². The molecule has 1 N–H and O–H groups in total. The van der Waals surface area contributed by atoms with Crippen LogP contribution in [-0.4, -0.2) is 34.0 Å². The number of phenols is 1. The molecule has 8 heteroatoms.